The molecular weight excluding hydrogens is 370 g/mol. The van der Waals surface area contributed by atoms with Crippen molar-refractivity contribution in [2.45, 2.75) is 25.7 Å². The van der Waals surface area contributed by atoms with Gasteiger partial charge in [0.25, 0.3) is 0 Å². The lowest BCUT2D eigenvalue weighted by Gasteiger charge is -2.40. The predicted octanol–water partition coefficient (Wildman–Crippen LogP) is 2.53. The highest BCUT2D eigenvalue weighted by Crippen LogP contribution is 2.36. The standard InChI is InChI=1S/C21H27N5OS/c1-22-20(26-11-5-9-21(15-26)12-18(27)24-14-21)23-10-8-17-13-28-19(25-17)16-6-3-2-4-7-16/h2-4,6-7,13H,5,8-12,14-15H2,1H3,(H,22,23)(H,24,27). The minimum absolute atomic E-state index is 0.0758. The molecule has 1 amide bonds. The molecule has 4 rings (SSSR count). The zero-order valence-corrected chi connectivity index (χ0v) is 17.1. The largest absolute Gasteiger partial charge is 0.356 e. The van der Waals surface area contributed by atoms with Gasteiger partial charge in [0.05, 0.1) is 5.69 Å². The Kier molecular flexibility index (Phi) is 5.62. The van der Waals surface area contributed by atoms with Crippen molar-refractivity contribution in [3.05, 3.63) is 41.4 Å². The molecule has 1 aromatic carbocycles. The maximum Gasteiger partial charge on any atom is 0.220 e. The van der Waals surface area contributed by atoms with Crippen LogP contribution in [0.5, 0.6) is 0 Å². The normalized spacial score (nSPS) is 22.5. The summed E-state index contributed by atoms with van der Waals surface area (Å²) in [5, 5.41) is 9.70. The number of thiazole rings is 1. The first-order valence-corrected chi connectivity index (χ1v) is 10.8. The summed E-state index contributed by atoms with van der Waals surface area (Å²) < 4.78 is 0. The maximum atomic E-state index is 11.7. The minimum atomic E-state index is 0.0758. The Hall–Kier alpha value is -2.41. The van der Waals surface area contributed by atoms with E-state index in [1.807, 2.05) is 25.2 Å². The van der Waals surface area contributed by atoms with Crippen LogP contribution in [-0.4, -0.2) is 55.0 Å². The summed E-state index contributed by atoms with van der Waals surface area (Å²) in [6, 6.07) is 10.3. The van der Waals surface area contributed by atoms with Crippen molar-refractivity contribution < 1.29 is 4.79 Å². The third-order valence-corrected chi connectivity index (χ3v) is 6.55. The molecular formula is C21H27N5OS. The number of hydrogen-bond donors (Lipinski definition) is 2. The summed E-state index contributed by atoms with van der Waals surface area (Å²) >= 11 is 1.69. The molecule has 7 heteroatoms. The van der Waals surface area contributed by atoms with Gasteiger partial charge in [-0.25, -0.2) is 4.98 Å². The van der Waals surface area contributed by atoms with Crippen molar-refractivity contribution in [2.24, 2.45) is 10.4 Å². The Morgan fingerprint density at radius 2 is 2.25 bits per heavy atom. The summed E-state index contributed by atoms with van der Waals surface area (Å²) in [5.74, 6) is 1.11. The summed E-state index contributed by atoms with van der Waals surface area (Å²) in [7, 11) is 1.83. The van der Waals surface area contributed by atoms with E-state index in [-0.39, 0.29) is 11.3 Å². The number of guanidine groups is 1. The first-order valence-electron chi connectivity index (χ1n) is 9.90. The first-order chi connectivity index (χ1) is 13.7. The molecule has 1 spiro atoms. The number of carbonyl (C=O) groups excluding carboxylic acids is 1. The van der Waals surface area contributed by atoms with Crippen LogP contribution in [0.1, 0.15) is 25.0 Å². The summed E-state index contributed by atoms with van der Waals surface area (Å²) in [6.45, 7) is 3.47. The molecule has 1 aromatic heterocycles. The van der Waals surface area contributed by atoms with Crippen molar-refractivity contribution in [2.75, 3.05) is 33.2 Å². The van der Waals surface area contributed by atoms with E-state index in [0.717, 1.165) is 62.1 Å². The summed E-state index contributed by atoms with van der Waals surface area (Å²) in [4.78, 5) is 23.3. The third kappa shape index (κ3) is 4.19. The molecule has 2 aliphatic rings. The quantitative estimate of drug-likeness (QED) is 0.614. The highest BCUT2D eigenvalue weighted by atomic mass is 32.1. The number of carbonyl (C=O) groups is 1. The van der Waals surface area contributed by atoms with Crippen LogP contribution in [-0.2, 0) is 11.2 Å². The van der Waals surface area contributed by atoms with Crippen LogP contribution >= 0.6 is 11.3 Å². The summed E-state index contributed by atoms with van der Waals surface area (Å²) in [6.07, 6.45) is 3.71. The van der Waals surface area contributed by atoms with E-state index in [1.165, 1.54) is 5.56 Å². The second-order valence-electron chi connectivity index (χ2n) is 7.71. The molecule has 2 N–H and O–H groups in total. The zero-order valence-electron chi connectivity index (χ0n) is 16.3. The highest BCUT2D eigenvalue weighted by molar-refractivity contribution is 7.13. The van der Waals surface area contributed by atoms with Gasteiger partial charge in [-0.1, -0.05) is 30.3 Å². The Balaban J connectivity index is 1.31. The number of benzene rings is 1. The van der Waals surface area contributed by atoms with Gasteiger partial charge in [0, 0.05) is 62.4 Å². The van der Waals surface area contributed by atoms with Crippen LogP contribution in [0, 0.1) is 5.41 Å². The molecule has 0 saturated carbocycles. The lowest BCUT2D eigenvalue weighted by atomic mass is 9.79. The molecule has 2 saturated heterocycles. The molecule has 2 aromatic rings. The van der Waals surface area contributed by atoms with Gasteiger partial charge in [-0.15, -0.1) is 11.3 Å². The van der Waals surface area contributed by atoms with E-state index in [4.69, 9.17) is 4.98 Å². The predicted molar refractivity (Wildman–Crippen MR) is 113 cm³/mol. The fraction of sp³-hybridized carbons (Fsp3) is 0.476. The molecule has 3 heterocycles. The molecule has 0 bridgehead atoms. The SMILES string of the molecule is CN=C(NCCc1csc(-c2ccccc2)n1)N1CCCC2(CNC(=O)C2)C1. The second-order valence-corrected chi connectivity index (χ2v) is 8.57. The Morgan fingerprint density at radius 3 is 3.00 bits per heavy atom. The number of piperidine rings is 1. The van der Waals surface area contributed by atoms with Crippen molar-refractivity contribution >= 4 is 23.2 Å². The van der Waals surface area contributed by atoms with Crippen LogP contribution < -0.4 is 10.6 Å². The number of amides is 1. The topological polar surface area (TPSA) is 69.6 Å². The molecule has 0 radical (unpaired) electrons. The highest BCUT2D eigenvalue weighted by Gasteiger charge is 2.42. The smallest absolute Gasteiger partial charge is 0.220 e. The van der Waals surface area contributed by atoms with E-state index in [0.29, 0.717) is 6.42 Å². The van der Waals surface area contributed by atoms with Crippen molar-refractivity contribution in [3.8, 4) is 10.6 Å². The number of aromatic nitrogens is 1. The van der Waals surface area contributed by atoms with Gasteiger partial charge in [0.15, 0.2) is 5.96 Å². The number of hydrogen-bond acceptors (Lipinski definition) is 4. The van der Waals surface area contributed by atoms with E-state index < -0.39 is 0 Å². The van der Waals surface area contributed by atoms with Crippen molar-refractivity contribution in [1.82, 2.24) is 20.5 Å². The van der Waals surface area contributed by atoms with Gasteiger partial charge in [0.1, 0.15) is 5.01 Å². The fourth-order valence-electron chi connectivity index (χ4n) is 4.20. The van der Waals surface area contributed by atoms with Gasteiger partial charge >= 0.3 is 0 Å². The maximum absolute atomic E-state index is 11.7. The average Bonchev–Trinajstić information content (AvgIpc) is 3.33. The zero-order chi connectivity index (χ0) is 19.4. The van der Waals surface area contributed by atoms with Crippen LogP contribution in [0.4, 0.5) is 0 Å². The van der Waals surface area contributed by atoms with E-state index in [9.17, 15) is 4.79 Å². The average molecular weight is 398 g/mol. The molecule has 28 heavy (non-hydrogen) atoms. The van der Waals surface area contributed by atoms with Gasteiger partial charge in [-0.2, -0.15) is 0 Å². The van der Waals surface area contributed by atoms with Crippen molar-refractivity contribution in [3.63, 3.8) is 0 Å². The second kappa shape index (κ2) is 8.31. The molecule has 148 valence electrons. The monoisotopic (exact) mass is 397 g/mol. The van der Waals surface area contributed by atoms with Gasteiger partial charge in [-0.05, 0) is 12.8 Å². The molecule has 2 fully saturated rings. The van der Waals surface area contributed by atoms with Crippen LogP contribution in [0.25, 0.3) is 10.6 Å². The van der Waals surface area contributed by atoms with Crippen LogP contribution in [0.2, 0.25) is 0 Å². The lowest BCUT2D eigenvalue weighted by Crippen LogP contribution is -2.51. The van der Waals surface area contributed by atoms with Crippen molar-refractivity contribution in [1.29, 1.82) is 0 Å². The Labute approximate surface area is 170 Å². The molecule has 6 nitrogen and oxygen atoms in total. The molecule has 1 atom stereocenters. The van der Waals surface area contributed by atoms with E-state index in [1.54, 1.807) is 11.3 Å². The van der Waals surface area contributed by atoms with Gasteiger partial charge in [0.2, 0.25) is 5.91 Å². The van der Waals surface area contributed by atoms with E-state index in [2.05, 4.69) is 38.0 Å². The number of rotatable bonds is 4. The van der Waals surface area contributed by atoms with Crippen LogP contribution in [0.3, 0.4) is 0 Å². The molecule has 2 aliphatic heterocycles. The first kappa shape index (κ1) is 18.9. The fourth-order valence-corrected chi connectivity index (χ4v) is 5.06. The third-order valence-electron chi connectivity index (χ3n) is 5.61. The Bertz CT molecular complexity index is 849. The Morgan fingerprint density at radius 1 is 1.39 bits per heavy atom. The minimum Gasteiger partial charge on any atom is -0.356 e. The van der Waals surface area contributed by atoms with Gasteiger partial charge in [-0.3, -0.25) is 9.79 Å². The number of likely N-dealkylation sites (tertiary alicyclic amines) is 1. The van der Waals surface area contributed by atoms with Crippen LogP contribution in [0.15, 0.2) is 40.7 Å². The number of nitrogens with one attached hydrogen (secondary N) is 2. The van der Waals surface area contributed by atoms with E-state index >= 15 is 0 Å². The summed E-state index contributed by atoms with van der Waals surface area (Å²) in [5.41, 5.74) is 2.35. The lowest BCUT2D eigenvalue weighted by molar-refractivity contribution is -0.119. The molecule has 0 aliphatic carbocycles. The molecule has 1 unspecified atom stereocenters. The van der Waals surface area contributed by atoms with Gasteiger partial charge < -0.3 is 15.5 Å². The number of nitrogens with zero attached hydrogens (tertiary/aromatic N) is 3. The number of aliphatic imine (C=N–C) groups is 1.